The van der Waals surface area contributed by atoms with Gasteiger partial charge in [0.25, 0.3) is 5.91 Å². The molecule has 1 aliphatic carbocycles. The molecule has 43 heavy (non-hydrogen) atoms. The summed E-state index contributed by atoms with van der Waals surface area (Å²) in [6, 6.07) is 17.0. The molecule has 3 aromatic heterocycles. The van der Waals surface area contributed by atoms with Crippen LogP contribution in [0.2, 0.25) is 0 Å². The molecule has 10 nitrogen and oxygen atoms in total. The summed E-state index contributed by atoms with van der Waals surface area (Å²) in [6.07, 6.45) is 3.64. The number of aromatic nitrogens is 5. The van der Waals surface area contributed by atoms with Crippen LogP contribution in [0.4, 0.5) is 10.1 Å². The van der Waals surface area contributed by atoms with E-state index in [2.05, 4.69) is 38.6 Å². The number of carbonyl (C=O) groups excluding carboxylic acids is 1. The number of halogens is 1. The average molecular weight is 580 g/mol. The molecule has 8 rings (SSSR count). The molecule has 0 unspecified atom stereocenters. The van der Waals surface area contributed by atoms with Crippen LogP contribution >= 0.6 is 0 Å². The topological polar surface area (TPSA) is 113 Å². The first-order valence-electron chi connectivity index (χ1n) is 14.8. The van der Waals surface area contributed by atoms with Crippen molar-refractivity contribution in [3.05, 3.63) is 99.3 Å². The Balaban J connectivity index is 1.08. The number of H-pyrrole nitrogens is 1. The fourth-order valence-corrected chi connectivity index (χ4v) is 6.65. The molecule has 5 aromatic rings. The molecule has 3 aliphatic rings. The molecule has 0 spiro atoms. The Bertz CT molecular complexity index is 1940. The van der Waals surface area contributed by atoms with Gasteiger partial charge in [0.05, 0.1) is 11.7 Å². The van der Waals surface area contributed by atoms with Crippen LogP contribution in [-0.2, 0) is 6.42 Å². The second-order valence-electron chi connectivity index (χ2n) is 11.8. The van der Waals surface area contributed by atoms with Gasteiger partial charge in [0.15, 0.2) is 11.5 Å². The largest absolute Gasteiger partial charge is 0.438 e. The van der Waals surface area contributed by atoms with Crippen LogP contribution in [0.15, 0.2) is 63.9 Å². The maximum absolute atomic E-state index is 15.6. The molecule has 0 radical (unpaired) electrons. The molecule has 2 aliphatic heterocycles. The Morgan fingerprint density at radius 2 is 1.91 bits per heavy atom. The van der Waals surface area contributed by atoms with E-state index in [9.17, 15) is 9.59 Å². The van der Waals surface area contributed by atoms with E-state index in [1.54, 1.807) is 16.6 Å². The lowest BCUT2D eigenvalue weighted by atomic mass is 9.93. The van der Waals surface area contributed by atoms with Crippen molar-refractivity contribution in [2.24, 2.45) is 0 Å². The molecule has 1 saturated carbocycles. The van der Waals surface area contributed by atoms with Crippen LogP contribution in [0.25, 0.3) is 16.9 Å². The molecule has 218 valence electrons. The molecule has 2 fully saturated rings. The average Bonchev–Trinajstić information content (AvgIpc) is 3.36. The van der Waals surface area contributed by atoms with Gasteiger partial charge in [0, 0.05) is 54.5 Å². The molecule has 2 aromatic carbocycles. The highest BCUT2D eigenvalue weighted by atomic mass is 19.1. The highest BCUT2D eigenvalue weighted by Crippen LogP contribution is 2.41. The van der Waals surface area contributed by atoms with Gasteiger partial charge in [-0.25, -0.2) is 18.7 Å². The van der Waals surface area contributed by atoms with Crippen LogP contribution in [0.5, 0.6) is 0 Å². The van der Waals surface area contributed by atoms with Crippen molar-refractivity contribution >= 4 is 17.2 Å². The van der Waals surface area contributed by atoms with E-state index in [4.69, 9.17) is 10.1 Å². The van der Waals surface area contributed by atoms with Crippen LogP contribution in [0.1, 0.15) is 77.2 Å². The lowest BCUT2D eigenvalue weighted by Gasteiger charge is -2.35. The summed E-state index contributed by atoms with van der Waals surface area (Å²) < 4.78 is 22.0. The van der Waals surface area contributed by atoms with Gasteiger partial charge >= 0.3 is 5.76 Å². The molecule has 1 N–H and O–H groups in total. The summed E-state index contributed by atoms with van der Waals surface area (Å²) in [7, 11) is 0. The molecule has 1 saturated heterocycles. The summed E-state index contributed by atoms with van der Waals surface area (Å²) in [5, 5.41) is 8.58. The van der Waals surface area contributed by atoms with Crippen molar-refractivity contribution in [1.82, 2.24) is 29.6 Å². The number of aromatic amines is 1. The Morgan fingerprint density at radius 3 is 2.70 bits per heavy atom. The number of hydrogen-bond acceptors (Lipinski definition) is 7. The van der Waals surface area contributed by atoms with Crippen molar-refractivity contribution in [3.63, 3.8) is 0 Å². The molecular formula is C32H30FN7O3. The maximum Gasteiger partial charge on any atom is 0.438 e. The van der Waals surface area contributed by atoms with Crippen LogP contribution in [-0.4, -0.2) is 55.2 Å². The van der Waals surface area contributed by atoms with Crippen molar-refractivity contribution < 1.29 is 13.7 Å². The number of benzene rings is 2. The number of amides is 1. The summed E-state index contributed by atoms with van der Waals surface area (Å²) >= 11 is 0. The quantitative estimate of drug-likeness (QED) is 0.317. The van der Waals surface area contributed by atoms with Gasteiger partial charge in [0.1, 0.15) is 11.5 Å². The SMILES string of the molecule is C[C@@H]1c2ccccc2CCN1C(=O)c1cc(C2CC2)n2nc(-c3ccc(N4CC[C@H](c5noc(=O)[nH]5)C4)cc3F)cc2n1. The van der Waals surface area contributed by atoms with Crippen LogP contribution < -0.4 is 10.7 Å². The zero-order valence-electron chi connectivity index (χ0n) is 23.7. The van der Waals surface area contributed by atoms with Crippen molar-refractivity contribution in [3.8, 4) is 11.3 Å². The second-order valence-corrected chi connectivity index (χ2v) is 11.8. The van der Waals surface area contributed by atoms with Crippen LogP contribution in [0, 0.1) is 5.82 Å². The van der Waals surface area contributed by atoms with E-state index < -0.39 is 5.76 Å². The third-order valence-corrected chi connectivity index (χ3v) is 9.15. The molecule has 0 bridgehead atoms. The summed E-state index contributed by atoms with van der Waals surface area (Å²) in [5.74, 6) is -0.212. The number of rotatable bonds is 5. The zero-order valence-corrected chi connectivity index (χ0v) is 23.7. The minimum atomic E-state index is -0.570. The monoisotopic (exact) mass is 579 g/mol. The fraction of sp³-hybridized carbons (Fsp3) is 0.344. The van der Waals surface area contributed by atoms with Gasteiger partial charge < -0.3 is 9.80 Å². The molecule has 5 heterocycles. The first-order valence-corrected chi connectivity index (χ1v) is 14.8. The third-order valence-electron chi connectivity index (χ3n) is 9.15. The standard InChI is InChI=1S/C32H30FN7O3/c1-18-23-5-3-2-4-19(23)11-13-39(18)31(41)27-15-28(20-6-7-20)40-29(34-27)16-26(36-40)24-9-8-22(14-25(24)33)38-12-10-21(17-38)30-35-32(42)43-37-30/h2-5,8-9,14-16,18,20-21H,6-7,10-13,17H2,1H3,(H,35,37,42)/t18-,21+/m1/s1. The van der Waals surface area contributed by atoms with Gasteiger partial charge in [-0.05, 0) is 68.0 Å². The predicted octanol–water partition coefficient (Wildman–Crippen LogP) is 4.84. The number of hydrogen-bond donors (Lipinski definition) is 1. The summed E-state index contributed by atoms with van der Waals surface area (Å²) in [6.45, 7) is 4.01. The van der Waals surface area contributed by atoms with E-state index >= 15 is 4.39 Å². The van der Waals surface area contributed by atoms with Gasteiger partial charge in [-0.3, -0.25) is 14.3 Å². The number of fused-ring (bicyclic) bond motifs is 2. The molecule has 11 heteroatoms. The lowest BCUT2D eigenvalue weighted by Crippen LogP contribution is -2.39. The molecule has 1 amide bonds. The maximum atomic E-state index is 15.6. The Kier molecular flexibility index (Phi) is 5.95. The summed E-state index contributed by atoms with van der Waals surface area (Å²) in [5.41, 5.74) is 5.94. The smallest absolute Gasteiger partial charge is 0.371 e. The normalized spacial score (nSPS) is 20.1. The number of carbonyl (C=O) groups is 1. The Labute approximate surface area is 246 Å². The third kappa shape index (κ3) is 4.50. The first-order chi connectivity index (χ1) is 20.9. The highest BCUT2D eigenvalue weighted by molar-refractivity contribution is 5.93. The number of nitrogens with zero attached hydrogens (tertiary/aromatic N) is 6. The minimum absolute atomic E-state index is 0.0131. The predicted molar refractivity (Wildman–Crippen MR) is 157 cm³/mol. The van der Waals surface area contributed by atoms with E-state index in [1.165, 1.54) is 17.2 Å². The van der Waals surface area contributed by atoms with Gasteiger partial charge in [-0.15, -0.1) is 0 Å². The number of nitrogens with one attached hydrogen (secondary N) is 1. The second kappa shape index (κ2) is 9.89. The van der Waals surface area contributed by atoms with Gasteiger partial charge in [-0.2, -0.15) is 5.10 Å². The molecular weight excluding hydrogens is 549 g/mol. The van der Waals surface area contributed by atoms with Crippen molar-refractivity contribution in [1.29, 1.82) is 0 Å². The first kappa shape index (κ1) is 25.9. The van der Waals surface area contributed by atoms with E-state index in [1.807, 2.05) is 29.2 Å². The summed E-state index contributed by atoms with van der Waals surface area (Å²) in [4.78, 5) is 36.5. The van der Waals surface area contributed by atoms with E-state index in [-0.39, 0.29) is 23.7 Å². The Morgan fingerprint density at radius 1 is 1.05 bits per heavy atom. The minimum Gasteiger partial charge on any atom is -0.371 e. The Hall–Kier alpha value is -4.80. The van der Waals surface area contributed by atoms with Gasteiger partial charge in [0.2, 0.25) is 0 Å². The zero-order chi connectivity index (χ0) is 29.2. The van der Waals surface area contributed by atoms with Crippen LogP contribution in [0.3, 0.4) is 0 Å². The van der Waals surface area contributed by atoms with Crippen molar-refractivity contribution in [2.45, 2.75) is 50.5 Å². The van der Waals surface area contributed by atoms with Crippen molar-refractivity contribution in [2.75, 3.05) is 24.5 Å². The van der Waals surface area contributed by atoms with E-state index in [0.717, 1.165) is 37.1 Å². The fourth-order valence-electron chi connectivity index (χ4n) is 6.65. The van der Waals surface area contributed by atoms with E-state index in [0.29, 0.717) is 54.0 Å². The highest BCUT2D eigenvalue weighted by Gasteiger charge is 2.33. The van der Waals surface area contributed by atoms with Gasteiger partial charge in [-0.1, -0.05) is 29.4 Å². The number of anilines is 1. The molecule has 2 atom stereocenters. The lowest BCUT2D eigenvalue weighted by molar-refractivity contribution is 0.0671.